The molecule has 1 aromatic carbocycles. The van der Waals surface area contributed by atoms with E-state index in [9.17, 15) is 8.42 Å². The number of benzene rings is 1. The Kier molecular flexibility index (Phi) is 3.87. The number of rotatable bonds is 4. The quantitative estimate of drug-likeness (QED) is 0.870. The molecule has 1 aliphatic rings. The molecule has 2 heterocycles. The predicted molar refractivity (Wildman–Crippen MR) is 80.4 cm³/mol. The number of hydrogen-bond acceptors (Lipinski definition) is 3. The smallest absolute Gasteiger partial charge is 0.243 e. The lowest BCUT2D eigenvalue weighted by Gasteiger charge is -2.22. The monoisotopic (exact) mass is 305 g/mol. The van der Waals surface area contributed by atoms with Gasteiger partial charge >= 0.3 is 0 Å². The molecule has 0 saturated carbocycles. The topological polar surface area (TPSA) is 50.5 Å². The molecule has 1 saturated heterocycles. The van der Waals surface area contributed by atoms with Gasteiger partial charge in [0.25, 0.3) is 0 Å². The fraction of sp³-hybridized carbons (Fsp3) is 0.375. The minimum Gasteiger partial charge on any atom is -0.468 e. The van der Waals surface area contributed by atoms with Gasteiger partial charge in [0.05, 0.1) is 17.2 Å². The summed E-state index contributed by atoms with van der Waals surface area (Å²) < 4.78 is 32.6. The van der Waals surface area contributed by atoms with Crippen molar-refractivity contribution in [3.63, 3.8) is 0 Å². The maximum absolute atomic E-state index is 12.8. The molecule has 1 aliphatic heterocycles. The first kappa shape index (κ1) is 14.4. The Balaban J connectivity index is 1.93. The average Bonchev–Trinajstić information content (AvgIpc) is 3.17. The third-order valence-electron chi connectivity index (χ3n) is 4.01. The first-order chi connectivity index (χ1) is 10.1. The van der Waals surface area contributed by atoms with E-state index in [0.29, 0.717) is 11.4 Å². The third kappa shape index (κ3) is 2.63. The highest BCUT2D eigenvalue weighted by molar-refractivity contribution is 7.89. The van der Waals surface area contributed by atoms with Crippen molar-refractivity contribution in [2.75, 3.05) is 6.54 Å². The van der Waals surface area contributed by atoms with Crippen LogP contribution < -0.4 is 0 Å². The molecular formula is C16H19NO3S. The van der Waals surface area contributed by atoms with E-state index in [2.05, 4.69) is 6.92 Å². The van der Waals surface area contributed by atoms with Crippen molar-refractivity contribution in [1.82, 2.24) is 4.31 Å². The molecule has 5 heteroatoms. The Morgan fingerprint density at radius 1 is 1.24 bits per heavy atom. The van der Waals surface area contributed by atoms with Gasteiger partial charge in [-0.2, -0.15) is 4.31 Å². The van der Waals surface area contributed by atoms with E-state index in [1.54, 1.807) is 28.8 Å². The zero-order valence-electron chi connectivity index (χ0n) is 12.0. The highest BCUT2D eigenvalue weighted by Crippen LogP contribution is 2.36. The maximum atomic E-state index is 12.8. The molecule has 0 bridgehead atoms. The third-order valence-corrected chi connectivity index (χ3v) is 5.94. The minimum absolute atomic E-state index is 0.184. The molecule has 1 atom stereocenters. The van der Waals surface area contributed by atoms with Crippen LogP contribution >= 0.6 is 0 Å². The van der Waals surface area contributed by atoms with Crippen LogP contribution in [0.5, 0.6) is 0 Å². The molecule has 4 nitrogen and oxygen atoms in total. The van der Waals surface area contributed by atoms with Crippen LogP contribution in [0.2, 0.25) is 0 Å². The van der Waals surface area contributed by atoms with E-state index >= 15 is 0 Å². The van der Waals surface area contributed by atoms with Gasteiger partial charge in [0.1, 0.15) is 5.76 Å². The lowest BCUT2D eigenvalue weighted by atomic mass is 10.2. The molecule has 1 fully saturated rings. The van der Waals surface area contributed by atoms with E-state index in [0.717, 1.165) is 30.6 Å². The predicted octanol–water partition coefficient (Wildman–Crippen LogP) is 3.37. The number of aryl methyl sites for hydroxylation is 1. The van der Waals surface area contributed by atoms with Crippen LogP contribution in [0.15, 0.2) is 52.0 Å². The fourth-order valence-electron chi connectivity index (χ4n) is 2.83. The summed E-state index contributed by atoms with van der Waals surface area (Å²) in [6, 6.07) is 10.6. The Morgan fingerprint density at radius 2 is 2.00 bits per heavy atom. The van der Waals surface area contributed by atoms with E-state index < -0.39 is 10.0 Å². The van der Waals surface area contributed by atoms with Gasteiger partial charge in [-0.1, -0.05) is 19.1 Å². The van der Waals surface area contributed by atoms with Crippen molar-refractivity contribution < 1.29 is 12.8 Å². The summed E-state index contributed by atoms with van der Waals surface area (Å²) in [5.41, 5.74) is 1.14. The van der Waals surface area contributed by atoms with Gasteiger partial charge in [-0.05, 0) is 49.1 Å². The van der Waals surface area contributed by atoms with E-state index in [1.807, 2.05) is 18.2 Å². The molecule has 0 aliphatic carbocycles. The zero-order valence-corrected chi connectivity index (χ0v) is 12.8. The highest BCUT2D eigenvalue weighted by Gasteiger charge is 2.37. The standard InChI is InChI=1S/C16H19NO3S/c1-2-13-7-9-14(10-8-13)21(18,19)17-11-3-5-15(17)16-6-4-12-20-16/h4,6-10,12,15H,2-3,5,11H2,1H3. The van der Waals surface area contributed by atoms with Crippen LogP contribution in [-0.4, -0.2) is 19.3 Å². The van der Waals surface area contributed by atoms with Crippen molar-refractivity contribution in [3.05, 3.63) is 54.0 Å². The Morgan fingerprint density at radius 3 is 2.62 bits per heavy atom. The van der Waals surface area contributed by atoms with E-state index in [-0.39, 0.29) is 6.04 Å². The van der Waals surface area contributed by atoms with Gasteiger partial charge < -0.3 is 4.42 Å². The van der Waals surface area contributed by atoms with Crippen LogP contribution in [0.25, 0.3) is 0 Å². The molecule has 0 radical (unpaired) electrons. The number of hydrogen-bond donors (Lipinski definition) is 0. The lowest BCUT2D eigenvalue weighted by molar-refractivity contribution is 0.340. The van der Waals surface area contributed by atoms with Crippen molar-refractivity contribution in [3.8, 4) is 0 Å². The summed E-state index contributed by atoms with van der Waals surface area (Å²) in [7, 11) is -3.47. The zero-order chi connectivity index (χ0) is 14.9. The normalized spacial score (nSPS) is 20.0. The maximum Gasteiger partial charge on any atom is 0.243 e. The first-order valence-electron chi connectivity index (χ1n) is 7.27. The largest absolute Gasteiger partial charge is 0.468 e. The summed E-state index contributed by atoms with van der Waals surface area (Å²) in [6.07, 6.45) is 4.16. The van der Waals surface area contributed by atoms with Crippen molar-refractivity contribution in [2.45, 2.75) is 37.1 Å². The fourth-order valence-corrected chi connectivity index (χ4v) is 4.49. The van der Waals surface area contributed by atoms with Gasteiger partial charge in [-0.15, -0.1) is 0 Å². The van der Waals surface area contributed by atoms with Crippen LogP contribution in [0.3, 0.4) is 0 Å². The summed E-state index contributed by atoms with van der Waals surface area (Å²) in [5.74, 6) is 0.723. The van der Waals surface area contributed by atoms with Crippen LogP contribution in [0.1, 0.15) is 37.1 Å². The van der Waals surface area contributed by atoms with Gasteiger partial charge in [-0.3, -0.25) is 0 Å². The second kappa shape index (κ2) is 5.66. The number of furan rings is 1. The highest BCUT2D eigenvalue weighted by atomic mass is 32.2. The molecular weight excluding hydrogens is 286 g/mol. The molecule has 1 aromatic heterocycles. The van der Waals surface area contributed by atoms with Crippen molar-refractivity contribution in [2.24, 2.45) is 0 Å². The second-order valence-corrected chi connectivity index (χ2v) is 7.18. The van der Waals surface area contributed by atoms with Crippen LogP contribution in [0.4, 0.5) is 0 Å². The molecule has 0 spiro atoms. The van der Waals surface area contributed by atoms with E-state index in [1.165, 1.54) is 0 Å². The molecule has 2 aromatic rings. The number of nitrogens with zero attached hydrogens (tertiary/aromatic N) is 1. The van der Waals surface area contributed by atoms with Crippen LogP contribution in [-0.2, 0) is 16.4 Å². The van der Waals surface area contributed by atoms with Gasteiger partial charge in [0.2, 0.25) is 10.0 Å². The Hall–Kier alpha value is -1.59. The number of sulfonamides is 1. The van der Waals surface area contributed by atoms with Gasteiger partial charge in [0.15, 0.2) is 0 Å². The lowest BCUT2D eigenvalue weighted by Crippen LogP contribution is -2.30. The average molecular weight is 305 g/mol. The summed E-state index contributed by atoms with van der Waals surface area (Å²) in [5, 5.41) is 0. The molecule has 3 rings (SSSR count). The molecule has 0 N–H and O–H groups in total. The summed E-state index contributed by atoms with van der Waals surface area (Å²) in [4.78, 5) is 0.359. The summed E-state index contributed by atoms with van der Waals surface area (Å²) in [6.45, 7) is 2.60. The van der Waals surface area contributed by atoms with Gasteiger partial charge in [0, 0.05) is 6.54 Å². The minimum atomic E-state index is -3.47. The van der Waals surface area contributed by atoms with Crippen molar-refractivity contribution in [1.29, 1.82) is 0 Å². The van der Waals surface area contributed by atoms with Gasteiger partial charge in [-0.25, -0.2) is 8.42 Å². The first-order valence-corrected chi connectivity index (χ1v) is 8.71. The van der Waals surface area contributed by atoms with Crippen LogP contribution in [0, 0.1) is 0 Å². The molecule has 1 unspecified atom stereocenters. The Labute approximate surface area is 125 Å². The second-order valence-electron chi connectivity index (χ2n) is 5.29. The van der Waals surface area contributed by atoms with Crippen molar-refractivity contribution >= 4 is 10.0 Å². The molecule has 0 amide bonds. The molecule has 112 valence electrons. The Bertz CT molecular complexity index is 690. The van der Waals surface area contributed by atoms with E-state index in [4.69, 9.17) is 4.42 Å². The molecule has 21 heavy (non-hydrogen) atoms. The SMILES string of the molecule is CCc1ccc(S(=O)(=O)N2CCCC2c2ccco2)cc1. The summed E-state index contributed by atoms with van der Waals surface area (Å²) >= 11 is 0.